The number of aliphatic hydroxyl groups is 1. The Bertz CT molecular complexity index is 1940. The van der Waals surface area contributed by atoms with E-state index in [0.29, 0.717) is 76.1 Å². The molecular formula is C41H44Cl3F6N3O5. The number of likely N-dealkylation sites (tertiary alicyclic amines) is 2. The smallest absolute Gasteiger partial charge is 0.393 e. The molecule has 0 aromatic heterocycles. The number of piperidine rings is 2. The number of nitrogens with zero attached hydrogens (tertiary/aromatic N) is 3. The third-order valence-electron chi connectivity index (χ3n) is 12.1. The van der Waals surface area contributed by atoms with E-state index >= 15 is 0 Å². The van der Waals surface area contributed by atoms with Gasteiger partial charge in [0, 0.05) is 37.2 Å². The monoisotopic (exact) mass is 877 g/mol. The Morgan fingerprint density at radius 1 is 0.845 bits per heavy atom. The molecule has 0 radical (unpaired) electrons. The van der Waals surface area contributed by atoms with Gasteiger partial charge in [-0.05, 0) is 98.6 Å². The number of alkyl halides is 6. The zero-order chi connectivity index (χ0) is 40.8. The fourth-order valence-corrected chi connectivity index (χ4v) is 9.22. The maximum atomic E-state index is 13.8. The summed E-state index contributed by atoms with van der Waals surface area (Å²) in [5, 5.41) is 10.4. The van der Waals surface area contributed by atoms with Crippen LogP contribution in [0.1, 0.15) is 70.3 Å². The minimum Gasteiger partial charge on any atom is -0.393 e. The molecule has 4 aliphatic rings. The molecular weight excluding hydrogens is 835 g/mol. The van der Waals surface area contributed by atoms with Crippen LogP contribution in [0, 0.1) is 0 Å². The fraction of sp³-hybridized carbons (Fsp3) is 0.512. The Labute approximate surface area is 348 Å². The predicted octanol–water partition coefficient (Wildman–Crippen LogP) is 8.17. The Kier molecular flexibility index (Phi) is 13.4. The summed E-state index contributed by atoms with van der Waals surface area (Å²) in [6, 6.07) is 14.0. The van der Waals surface area contributed by atoms with Gasteiger partial charge in [0.1, 0.15) is 12.2 Å². The van der Waals surface area contributed by atoms with Gasteiger partial charge < -0.3 is 29.3 Å². The second-order valence-corrected chi connectivity index (χ2v) is 16.3. The van der Waals surface area contributed by atoms with Gasteiger partial charge in [0.05, 0.1) is 46.5 Å². The Hall–Kier alpha value is -3.11. The molecule has 17 heteroatoms. The van der Waals surface area contributed by atoms with Crippen LogP contribution in [-0.2, 0) is 44.1 Å². The molecule has 2 amide bonds. The topological polar surface area (TPSA) is 82.5 Å². The summed E-state index contributed by atoms with van der Waals surface area (Å²) in [4.78, 5) is 32.2. The van der Waals surface area contributed by atoms with Crippen molar-refractivity contribution in [1.29, 1.82) is 0 Å². The minimum absolute atomic E-state index is 0. The van der Waals surface area contributed by atoms with Crippen molar-refractivity contribution in [2.75, 3.05) is 59.0 Å². The van der Waals surface area contributed by atoms with E-state index in [1.54, 1.807) is 23.1 Å². The lowest BCUT2D eigenvalue weighted by molar-refractivity contribution is -0.144. The summed E-state index contributed by atoms with van der Waals surface area (Å²) in [5.74, 6) is -1.08. The molecule has 316 valence electrons. The van der Waals surface area contributed by atoms with E-state index in [1.807, 2.05) is 12.1 Å². The zero-order valence-electron chi connectivity index (χ0n) is 31.4. The first kappa shape index (κ1) is 44.4. The average molecular weight is 879 g/mol. The number of hydrogen-bond donors (Lipinski definition) is 1. The van der Waals surface area contributed by atoms with Gasteiger partial charge in [-0.25, -0.2) is 0 Å². The van der Waals surface area contributed by atoms with Crippen molar-refractivity contribution >= 4 is 47.4 Å². The highest BCUT2D eigenvalue weighted by atomic mass is 35.5. The zero-order valence-corrected chi connectivity index (χ0v) is 33.7. The Balaban J connectivity index is 0.00000567. The van der Waals surface area contributed by atoms with Crippen molar-refractivity contribution in [1.82, 2.24) is 14.7 Å². The molecule has 3 fully saturated rings. The summed E-state index contributed by atoms with van der Waals surface area (Å²) in [7, 11) is 0. The third-order valence-corrected chi connectivity index (χ3v) is 12.9. The number of rotatable bonds is 8. The fourth-order valence-electron chi connectivity index (χ4n) is 8.92. The third kappa shape index (κ3) is 9.28. The van der Waals surface area contributed by atoms with Crippen molar-refractivity contribution in [3.63, 3.8) is 0 Å². The number of halogens is 9. The van der Waals surface area contributed by atoms with E-state index in [1.165, 1.54) is 16.0 Å². The van der Waals surface area contributed by atoms with Crippen LogP contribution in [0.15, 0.2) is 60.7 Å². The lowest BCUT2D eigenvalue weighted by Crippen LogP contribution is -2.54. The van der Waals surface area contributed by atoms with Crippen molar-refractivity contribution in [3.05, 3.63) is 104 Å². The van der Waals surface area contributed by atoms with Crippen LogP contribution >= 0.6 is 35.6 Å². The number of aliphatic hydroxyl groups excluding tert-OH is 1. The Morgan fingerprint density at radius 3 is 2.14 bits per heavy atom. The molecule has 0 unspecified atom stereocenters. The maximum absolute atomic E-state index is 13.8. The molecule has 3 aromatic carbocycles. The maximum Gasteiger partial charge on any atom is 0.416 e. The highest BCUT2D eigenvalue weighted by Gasteiger charge is 2.50. The molecule has 1 spiro atoms. The molecule has 0 bridgehead atoms. The average Bonchev–Trinajstić information content (AvgIpc) is 3.49. The van der Waals surface area contributed by atoms with Crippen LogP contribution in [0.25, 0.3) is 0 Å². The van der Waals surface area contributed by atoms with Crippen LogP contribution in [0.2, 0.25) is 10.0 Å². The summed E-state index contributed by atoms with van der Waals surface area (Å²) in [6.07, 6.45) is -7.27. The van der Waals surface area contributed by atoms with Gasteiger partial charge in [0.25, 0.3) is 5.91 Å². The lowest BCUT2D eigenvalue weighted by Gasteiger charge is -2.46. The number of benzene rings is 3. The molecule has 8 nitrogen and oxygen atoms in total. The second-order valence-electron chi connectivity index (χ2n) is 15.5. The summed E-state index contributed by atoms with van der Waals surface area (Å²) >= 11 is 12.7. The first-order chi connectivity index (χ1) is 27.0. The number of morpholine rings is 1. The molecule has 3 aliphatic heterocycles. The van der Waals surface area contributed by atoms with Crippen LogP contribution in [-0.4, -0.2) is 103 Å². The number of fused-ring (bicyclic) bond motifs is 2. The summed E-state index contributed by atoms with van der Waals surface area (Å²) < 4.78 is 95.1. The minimum atomic E-state index is -5.11. The number of hydrogen-bond acceptors (Lipinski definition) is 6. The van der Waals surface area contributed by atoms with Gasteiger partial charge in [-0.1, -0.05) is 53.5 Å². The van der Waals surface area contributed by atoms with Gasteiger partial charge >= 0.3 is 12.4 Å². The molecule has 3 heterocycles. The van der Waals surface area contributed by atoms with Crippen LogP contribution in [0.4, 0.5) is 26.3 Å². The van der Waals surface area contributed by atoms with Crippen molar-refractivity contribution in [2.45, 2.75) is 74.1 Å². The van der Waals surface area contributed by atoms with Gasteiger partial charge in [-0.2, -0.15) is 26.3 Å². The first-order valence-electron chi connectivity index (χ1n) is 19.0. The first-order valence-corrected chi connectivity index (χ1v) is 19.8. The molecule has 1 N–H and O–H groups in total. The van der Waals surface area contributed by atoms with Gasteiger partial charge in [-0.3, -0.25) is 9.59 Å². The van der Waals surface area contributed by atoms with E-state index in [-0.39, 0.29) is 72.2 Å². The molecule has 3 saturated heterocycles. The largest absolute Gasteiger partial charge is 0.416 e. The van der Waals surface area contributed by atoms with Gasteiger partial charge in [-0.15, -0.1) is 12.4 Å². The van der Waals surface area contributed by atoms with E-state index in [0.717, 1.165) is 12.8 Å². The second kappa shape index (κ2) is 17.5. The van der Waals surface area contributed by atoms with Crippen molar-refractivity contribution in [3.8, 4) is 0 Å². The van der Waals surface area contributed by atoms with E-state index in [4.69, 9.17) is 32.7 Å². The van der Waals surface area contributed by atoms with Crippen molar-refractivity contribution < 1.29 is 50.5 Å². The predicted molar refractivity (Wildman–Crippen MR) is 207 cm³/mol. The number of carbonyl (C=O) groups is 2. The van der Waals surface area contributed by atoms with Crippen molar-refractivity contribution in [2.24, 2.45) is 0 Å². The Morgan fingerprint density at radius 2 is 1.50 bits per heavy atom. The highest BCUT2D eigenvalue weighted by Crippen LogP contribution is 2.48. The summed E-state index contributed by atoms with van der Waals surface area (Å²) in [6.45, 7) is 2.50. The summed E-state index contributed by atoms with van der Waals surface area (Å²) in [5.41, 5.74) is -2.45. The van der Waals surface area contributed by atoms with Gasteiger partial charge in [0.2, 0.25) is 5.91 Å². The normalized spacial score (nSPS) is 22.8. The highest BCUT2D eigenvalue weighted by molar-refractivity contribution is 6.42. The molecule has 58 heavy (non-hydrogen) atoms. The van der Waals surface area contributed by atoms with Crippen LogP contribution < -0.4 is 0 Å². The molecule has 1 aliphatic carbocycles. The molecule has 2 atom stereocenters. The standard InChI is InChI=1S/C41H43Cl2F6N3O5.ClH/c42-33-6-5-28(23-34(33)43)39(25-52(17-18-57-39)37(55)27-19-29(40(44,45)46)22-30(20-27)41(47,48)49)11-16-50-14-9-38(10-15-50)32-4-2-1-3-26(32)21-35(38)56-24-36(54)51-12-7-31(53)8-13-51;/h1-6,19-20,22-23,31,35,53H,7-18,21,24-25H2;1H/t35-,39-;/m0./s1. The molecule has 7 rings (SSSR count). The molecule has 3 aromatic rings. The molecule has 0 saturated carbocycles. The SMILES string of the molecule is Cl.O=C(CO[C@H]1Cc2ccccc2C12CCN(CC[C@@]1(c3ccc(Cl)c(Cl)c3)CN(C(=O)c3cc(C(F)(F)F)cc(C(F)(F)F)c3)CCO1)CC2)N1CCC(O)CC1. The van der Waals surface area contributed by atoms with Crippen LogP contribution in [0.5, 0.6) is 0 Å². The number of ether oxygens (including phenoxy) is 2. The van der Waals surface area contributed by atoms with Gasteiger partial charge in [0.15, 0.2) is 0 Å². The van der Waals surface area contributed by atoms with Crippen LogP contribution in [0.3, 0.4) is 0 Å². The van der Waals surface area contributed by atoms with E-state index in [9.17, 15) is 41.0 Å². The quantitative estimate of drug-likeness (QED) is 0.230. The van der Waals surface area contributed by atoms with E-state index < -0.39 is 46.7 Å². The lowest BCUT2D eigenvalue weighted by atomic mass is 9.72. The van der Waals surface area contributed by atoms with E-state index in [2.05, 4.69) is 17.0 Å². The number of amides is 2. The number of carbonyl (C=O) groups excluding carboxylic acids is 2.